The fourth-order valence-electron chi connectivity index (χ4n) is 2.08. The van der Waals surface area contributed by atoms with E-state index in [4.69, 9.17) is 0 Å². The number of nitrogens with zero attached hydrogens (tertiary/aromatic N) is 1. The number of imidazole rings is 1. The fourth-order valence-corrected chi connectivity index (χ4v) is 3.53. The van der Waals surface area contributed by atoms with Crippen LogP contribution in [0.3, 0.4) is 0 Å². The van der Waals surface area contributed by atoms with Gasteiger partial charge in [-0.2, -0.15) is 0 Å². The van der Waals surface area contributed by atoms with Crippen molar-refractivity contribution in [2.45, 2.75) is 23.9 Å². The summed E-state index contributed by atoms with van der Waals surface area (Å²) < 4.78 is 0. The second-order valence-electron chi connectivity index (χ2n) is 5.03. The summed E-state index contributed by atoms with van der Waals surface area (Å²) in [6.45, 7) is 2.47. The smallest absolute Gasteiger partial charge is 0.233 e. The van der Waals surface area contributed by atoms with Crippen molar-refractivity contribution in [1.29, 1.82) is 0 Å². The molecule has 2 heterocycles. The Morgan fingerprint density at radius 1 is 1.30 bits per heavy atom. The minimum Gasteiger partial charge on any atom is -0.350 e. The molecule has 0 aliphatic heterocycles. The first-order valence-corrected chi connectivity index (χ1v) is 9.05. The molecule has 0 saturated heterocycles. The summed E-state index contributed by atoms with van der Waals surface area (Å²) in [5.74, 6) is 0.0149. The molecule has 0 radical (unpaired) electrons. The maximum Gasteiger partial charge on any atom is 0.233 e. The number of H-pyrrole nitrogens is 1. The lowest BCUT2D eigenvalue weighted by Gasteiger charge is -2.09. The van der Waals surface area contributed by atoms with Crippen molar-refractivity contribution >= 4 is 29.0 Å². The number of thioether (sulfide) groups is 1. The van der Waals surface area contributed by atoms with Gasteiger partial charge in [0.15, 0.2) is 5.16 Å². The summed E-state index contributed by atoms with van der Waals surface area (Å²) in [5.41, 5.74) is 2.04. The first kappa shape index (κ1) is 15.8. The second kappa shape index (κ2) is 7.48. The zero-order valence-electron chi connectivity index (χ0n) is 12.7. The molecule has 4 nitrogen and oxygen atoms in total. The largest absolute Gasteiger partial charge is 0.350 e. The molecule has 3 aromatic rings. The Balaban J connectivity index is 1.56. The van der Waals surface area contributed by atoms with E-state index in [-0.39, 0.29) is 11.2 Å². The van der Waals surface area contributed by atoms with Crippen molar-refractivity contribution < 1.29 is 4.79 Å². The molecule has 3 rings (SSSR count). The third-order valence-electron chi connectivity index (χ3n) is 3.31. The van der Waals surface area contributed by atoms with Gasteiger partial charge >= 0.3 is 0 Å². The molecule has 2 aromatic heterocycles. The van der Waals surface area contributed by atoms with E-state index in [0.717, 1.165) is 21.3 Å². The molecule has 0 bridgehead atoms. The molecule has 1 atom stereocenters. The first-order valence-electron chi connectivity index (χ1n) is 7.29. The summed E-state index contributed by atoms with van der Waals surface area (Å²) in [7, 11) is 0. The molecular weight excluding hydrogens is 326 g/mol. The van der Waals surface area contributed by atoms with Crippen molar-refractivity contribution in [1.82, 2.24) is 15.3 Å². The quantitative estimate of drug-likeness (QED) is 0.667. The minimum absolute atomic E-state index is 0.0149. The summed E-state index contributed by atoms with van der Waals surface area (Å²) >= 11 is 3.07. The van der Waals surface area contributed by atoms with Crippen molar-refractivity contribution in [2.24, 2.45) is 0 Å². The minimum atomic E-state index is -0.204. The molecule has 118 valence electrons. The number of aromatic amines is 1. The zero-order chi connectivity index (χ0) is 16.1. The number of hydrogen-bond donors (Lipinski definition) is 2. The van der Waals surface area contributed by atoms with E-state index >= 15 is 0 Å². The maximum absolute atomic E-state index is 12.2. The van der Waals surface area contributed by atoms with E-state index < -0.39 is 0 Å². The van der Waals surface area contributed by atoms with Crippen LogP contribution in [0.25, 0.3) is 11.3 Å². The van der Waals surface area contributed by atoms with Crippen molar-refractivity contribution in [3.63, 3.8) is 0 Å². The third-order valence-corrected chi connectivity index (χ3v) is 5.19. The maximum atomic E-state index is 12.2. The molecule has 0 fully saturated rings. The van der Waals surface area contributed by atoms with Crippen LogP contribution < -0.4 is 5.32 Å². The van der Waals surface area contributed by atoms with Gasteiger partial charge in [-0.05, 0) is 23.9 Å². The van der Waals surface area contributed by atoms with Gasteiger partial charge in [0.2, 0.25) is 5.91 Å². The molecule has 0 aliphatic carbocycles. The standard InChI is InChI=1S/C17H17N3OS2/c1-12(16(21)18-10-14-8-5-9-22-14)23-17-19-11-15(20-17)13-6-3-2-4-7-13/h2-9,11-12H,10H2,1H3,(H,18,21)(H,19,20). The van der Waals surface area contributed by atoms with Crippen molar-refractivity contribution in [2.75, 3.05) is 0 Å². The van der Waals surface area contributed by atoms with Crippen LogP contribution in [0, 0.1) is 0 Å². The van der Waals surface area contributed by atoms with Crippen LogP contribution in [0.15, 0.2) is 59.2 Å². The Morgan fingerprint density at radius 2 is 2.13 bits per heavy atom. The highest BCUT2D eigenvalue weighted by molar-refractivity contribution is 8.00. The number of amides is 1. The van der Waals surface area contributed by atoms with Gasteiger partial charge in [0.1, 0.15) is 0 Å². The summed E-state index contributed by atoms with van der Waals surface area (Å²) in [6, 6.07) is 14.0. The molecule has 6 heteroatoms. The van der Waals surface area contributed by atoms with Crippen LogP contribution in [0.5, 0.6) is 0 Å². The van der Waals surface area contributed by atoms with E-state index in [1.807, 2.05) is 54.8 Å². The average Bonchev–Trinajstić information content (AvgIpc) is 3.25. The van der Waals surface area contributed by atoms with Crippen LogP contribution in [-0.4, -0.2) is 21.1 Å². The van der Waals surface area contributed by atoms with Gasteiger partial charge in [-0.25, -0.2) is 4.98 Å². The second-order valence-corrected chi connectivity index (χ2v) is 7.39. The van der Waals surface area contributed by atoms with E-state index in [2.05, 4.69) is 15.3 Å². The van der Waals surface area contributed by atoms with E-state index in [0.29, 0.717) is 6.54 Å². The van der Waals surface area contributed by atoms with Gasteiger partial charge in [0, 0.05) is 4.88 Å². The van der Waals surface area contributed by atoms with Crippen molar-refractivity contribution in [3.05, 3.63) is 58.9 Å². The van der Waals surface area contributed by atoms with Gasteiger partial charge < -0.3 is 10.3 Å². The average molecular weight is 343 g/mol. The Morgan fingerprint density at radius 3 is 2.87 bits per heavy atom. The number of aromatic nitrogens is 2. The predicted molar refractivity (Wildman–Crippen MR) is 95.5 cm³/mol. The summed E-state index contributed by atoms with van der Waals surface area (Å²) in [6.07, 6.45) is 1.80. The summed E-state index contributed by atoms with van der Waals surface area (Å²) in [4.78, 5) is 20.9. The van der Waals surface area contributed by atoms with Gasteiger partial charge in [-0.1, -0.05) is 48.2 Å². The van der Waals surface area contributed by atoms with E-state index in [9.17, 15) is 4.79 Å². The molecular formula is C17H17N3OS2. The van der Waals surface area contributed by atoms with Gasteiger partial charge in [0.05, 0.1) is 23.7 Å². The van der Waals surface area contributed by atoms with Crippen molar-refractivity contribution in [3.8, 4) is 11.3 Å². The molecule has 2 N–H and O–H groups in total. The zero-order valence-corrected chi connectivity index (χ0v) is 14.3. The SMILES string of the molecule is CC(Sc1ncc(-c2ccccc2)[nH]1)C(=O)NCc1cccs1. The van der Waals surface area contributed by atoms with Gasteiger partial charge in [-0.15, -0.1) is 11.3 Å². The number of hydrogen-bond acceptors (Lipinski definition) is 4. The van der Waals surface area contributed by atoms with Crippen LogP contribution in [-0.2, 0) is 11.3 Å². The molecule has 0 aliphatic rings. The lowest BCUT2D eigenvalue weighted by Crippen LogP contribution is -2.30. The fraction of sp³-hybridized carbons (Fsp3) is 0.176. The van der Waals surface area contributed by atoms with Crippen LogP contribution in [0.1, 0.15) is 11.8 Å². The number of thiophene rings is 1. The molecule has 0 spiro atoms. The van der Waals surface area contributed by atoms with Crippen LogP contribution in [0.4, 0.5) is 0 Å². The number of carbonyl (C=O) groups is 1. The van der Waals surface area contributed by atoms with Crippen LogP contribution >= 0.6 is 23.1 Å². The van der Waals surface area contributed by atoms with Gasteiger partial charge in [-0.3, -0.25) is 4.79 Å². The molecule has 23 heavy (non-hydrogen) atoms. The van der Waals surface area contributed by atoms with Crippen LogP contribution in [0.2, 0.25) is 0 Å². The highest BCUT2D eigenvalue weighted by Crippen LogP contribution is 2.24. The Labute approximate surface area is 143 Å². The normalized spacial score (nSPS) is 12.0. The number of benzene rings is 1. The monoisotopic (exact) mass is 343 g/mol. The number of nitrogens with one attached hydrogen (secondary N) is 2. The van der Waals surface area contributed by atoms with E-state index in [1.165, 1.54) is 11.8 Å². The summed E-state index contributed by atoms with van der Waals surface area (Å²) in [5, 5.41) is 5.51. The highest BCUT2D eigenvalue weighted by atomic mass is 32.2. The Bertz CT molecular complexity index is 753. The lowest BCUT2D eigenvalue weighted by molar-refractivity contribution is -0.120. The van der Waals surface area contributed by atoms with Gasteiger partial charge in [0.25, 0.3) is 0 Å². The topological polar surface area (TPSA) is 57.8 Å². The number of rotatable bonds is 6. The molecule has 1 aromatic carbocycles. The third kappa shape index (κ3) is 4.24. The highest BCUT2D eigenvalue weighted by Gasteiger charge is 2.16. The number of carbonyl (C=O) groups excluding carboxylic acids is 1. The lowest BCUT2D eigenvalue weighted by atomic mass is 10.2. The molecule has 1 unspecified atom stereocenters. The first-order chi connectivity index (χ1) is 11.2. The van der Waals surface area contributed by atoms with E-state index in [1.54, 1.807) is 17.5 Å². The predicted octanol–water partition coefficient (Wildman–Crippen LogP) is 3.94. The Hall–Kier alpha value is -2.05. The molecule has 0 saturated carbocycles. The molecule has 1 amide bonds. The Kier molecular flexibility index (Phi) is 5.15.